The third-order valence-corrected chi connectivity index (χ3v) is 11.3. The molecule has 1 aliphatic rings. The average Bonchev–Trinajstić information content (AvgIpc) is 3.89. The highest BCUT2D eigenvalue weighted by Crippen LogP contribution is 2.51. The van der Waals surface area contributed by atoms with Crippen molar-refractivity contribution in [2.24, 2.45) is 0 Å². The van der Waals surface area contributed by atoms with Gasteiger partial charge in [0, 0.05) is 50.3 Å². The van der Waals surface area contributed by atoms with Gasteiger partial charge in [-0.1, -0.05) is 117 Å². The molecule has 0 bridgehead atoms. The lowest BCUT2D eigenvalue weighted by Crippen LogP contribution is -2.15. The molecule has 11 rings (SSSR count). The summed E-state index contributed by atoms with van der Waals surface area (Å²) in [7, 11) is 0. The van der Waals surface area contributed by atoms with Gasteiger partial charge in [-0.15, -0.1) is 0 Å². The summed E-state index contributed by atoms with van der Waals surface area (Å²) in [6.45, 7) is 4.65. The van der Waals surface area contributed by atoms with Crippen molar-refractivity contribution in [2.75, 3.05) is 4.90 Å². The standard InChI is InChI=1S/C50H34N2O2/c1-50(2)42-17-8-6-14-38(42)41-29-35(25-27-43(41)50)52(36-24-26-40-39-15-7-9-18-45(39)53-46(40)30-36)34-22-19-31(20-23-34)37-16-10-13-32-21-28-44-48(47(32)37)54-49(51-44)33-11-4-3-5-12-33/h3-30H,1-2H3. The van der Waals surface area contributed by atoms with Crippen LogP contribution in [0.5, 0.6) is 0 Å². The van der Waals surface area contributed by atoms with E-state index in [0.717, 1.165) is 77.6 Å². The summed E-state index contributed by atoms with van der Waals surface area (Å²) in [6, 6.07) is 60.1. The van der Waals surface area contributed by atoms with Crippen molar-refractivity contribution in [1.29, 1.82) is 0 Å². The molecule has 0 fully saturated rings. The van der Waals surface area contributed by atoms with Crippen LogP contribution in [0.15, 0.2) is 179 Å². The van der Waals surface area contributed by atoms with Gasteiger partial charge in [0.25, 0.3) is 0 Å². The van der Waals surface area contributed by atoms with E-state index >= 15 is 0 Å². The van der Waals surface area contributed by atoms with E-state index in [9.17, 15) is 0 Å². The van der Waals surface area contributed by atoms with Crippen LogP contribution >= 0.6 is 0 Å². The van der Waals surface area contributed by atoms with Crippen molar-refractivity contribution < 1.29 is 8.83 Å². The zero-order valence-corrected chi connectivity index (χ0v) is 29.9. The minimum atomic E-state index is -0.0701. The van der Waals surface area contributed by atoms with Crippen molar-refractivity contribution in [1.82, 2.24) is 4.98 Å². The van der Waals surface area contributed by atoms with E-state index in [4.69, 9.17) is 13.8 Å². The molecule has 0 aliphatic heterocycles. The largest absolute Gasteiger partial charge is 0.456 e. The first-order chi connectivity index (χ1) is 26.5. The molecule has 2 heterocycles. The summed E-state index contributed by atoms with van der Waals surface area (Å²) in [6.07, 6.45) is 0. The van der Waals surface area contributed by atoms with E-state index in [2.05, 4.69) is 140 Å². The molecule has 0 radical (unpaired) electrons. The zero-order valence-electron chi connectivity index (χ0n) is 29.9. The highest BCUT2D eigenvalue weighted by Gasteiger charge is 2.35. The van der Waals surface area contributed by atoms with Crippen LogP contribution < -0.4 is 4.90 Å². The van der Waals surface area contributed by atoms with Crippen LogP contribution in [0.2, 0.25) is 0 Å². The summed E-state index contributed by atoms with van der Waals surface area (Å²) >= 11 is 0. The van der Waals surface area contributed by atoms with Crippen LogP contribution in [-0.4, -0.2) is 4.98 Å². The SMILES string of the molecule is CC1(C)c2ccccc2-c2cc(N(c3ccc(-c4cccc5ccc6nc(-c7ccccc7)oc6c45)cc3)c3ccc4c(c3)oc3ccccc34)ccc21. The lowest BCUT2D eigenvalue weighted by molar-refractivity contribution is 0.623. The Kier molecular flexibility index (Phi) is 6.56. The van der Waals surface area contributed by atoms with Gasteiger partial charge in [0.05, 0.1) is 0 Å². The molecule has 256 valence electrons. The normalized spacial score (nSPS) is 13.1. The summed E-state index contributed by atoms with van der Waals surface area (Å²) in [5.74, 6) is 0.626. The number of anilines is 3. The number of nitrogens with zero attached hydrogens (tertiary/aromatic N) is 2. The molecule has 0 amide bonds. The van der Waals surface area contributed by atoms with Gasteiger partial charge in [0.15, 0.2) is 5.58 Å². The summed E-state index contributed by atoms with van der Waals surface area (Å²) in [5.41, 5.74) is 15.0. The topological polar surface area (TPSA) is 42.4 Å². The molecule has 0 saturated heterocycles. The molecule has 54 heavy (non-hydrogen) atoms. The lowest BCUT2D eigenvalue weighted by atomic mass is 9.82. The number of benzene rings is 8. The van der Waals surface area contributed by atoms with E-state index in [1.54, 1.807) is 0 Å². The number of hydrogen-bond donors (Lipinski definition) is 0. The summed E-state index contributed by atoms with van der Waals surface area (Å²) < 4.78 is 12.9. The first-order valence-electron chi connectivity index (χ1n) is 18.5. The number of fused-ring (bicyclic) bond motifs is 9. The van der Waals surface area contributed by atoms with Gasteiger partial charge in [-0.05, 0) is 99.4 Å². The Bertz CT molecular complexity index is 3080. The molecule has 0 spiro atoms. The van der Waals surface area contributed by atoms with E-state index < -0.39 is 0 Å². The van der Waals surface area contributed by atoms with Crippen molar-refractivity contribution in [2.45, 2.75) is 19.3 Å². The minimum absolute atomic E-state index is 0.0701. The quantitative estimate of drug-likeness (QED) is 0.180. The van der Waals surface area contributed by atoms with Gasteiger partial charge in [-0.2, -0.15) is 0 Å². The molecule has 1 aliphatic carbocycles. The molecule has 0 atom stereocenters. The Morgan fingerprint density at radius 3 is 2.07 bits per heavy atom. The van der Waals surface area contributed by atoms with Crippen LogP contribution in [0.4, 0.5) is 17.1 Å². The van der Waals surface area contributed by atoms with Crippen molar-refractivity contribution >= 4 is 60.9 Å². The Morgan fingerprint density at radius 2 is 1.19 bits per heavy atom. The second-order valence-electron chi connectivity index (χ2n) is 14.8. The fraction of sp³-hybridized carbons (Fsp3) is 0.0600. The number of para-hydroxylation sites is 1. The van der Waals surface area contributed by atoms with Crippen molar-refractivity contribution in [3.8, 4) is 33.7 Å². The Labute approximate surface area is 312 Å². The molecular formula is C50H34N2O2. The van der Waals surface area contributed by atoms with E-state index in [-0.39, 0.29) is 5.41 Å². The van der Waals surface area contributed by atoms with Gasteiger partial charge in [-0.25, -0.2) is 4.98 Å². The fourth-order valence-electron chi connectivity index (χ4n) is 8.64. The highest BCUT2D eigenvalue weighted by atomic mass is 16.3. The maximum atomic E-state index is 6.51. The Hall–Kier alpha value is -6.91. The van der Waals surface area contributed by atoms with Crippen LogP contribution in [0.3, 0.4) is 0 Å². The van der Waals surface area contributed by atoms with Crippen LogP contribution in [0.25, 0.3) is 77.5 Å². The molecular weight excluding hydrogens is 661 g/mol. The second-order valence-corrected chi connectivity index (χ2v) is 14.8. The van der Waals surface area contributed by atoms with Gasteiger partial charge in [0.1, 0.15) is 16.7 Å². The van der Waals surface area contributed by atoms with Crippen molar-refractivity contribution in [3.05, 3.63) is 181 Å². The van der Waals surface area contributed by atoms with Gasteiger partial charge in [-0.3, -0.25) is 0 Å². The highest BCUT2D eigenvalue weighted by molar-refractivity contribution is 6.11. The maximum Gasteiger partial charge on any atom is 0.227 e. The van der Waals surface area contributed by atoms with E-state index in [1.165, 1.54) is 22.3 Å². The third-order valence-electron chi connectivity index (χ3n) is 11.3. The van der Waals surface area contributed by atoms with Crippen LogP contribution in [-0.2, 0) is 5.41 Å². The monoisotopic (exact) mass is 694 g/mol. The Morgan fingerprint density at radius 1 is 0.481 bits per heavy atom. The number of aromatic nitrogens is 1. The minimum Gasteiger partial charge on any atom is -0.456 e. The Balaban J connectivity index is 1.07. The summed E-state index contributed by atoms with van der Waals surface area (Å²) in [4.78, 5) is 7.22. The smallest absolute Gasteiger partial charge is 0.227 e. The van der Waals surface area contributed by atoms with E-state index in [1.807, 2.05) is 48.5 Å². The average molecular weight is 695 g/mol. The molecule has 10 aromatic rings. The molecule has 0 saturated carbocycles. The van der Waals surface area contributed by atoms with E-state index in [0.29, 0.717) is 5.89 Å². The number of oxazole rings is 1. The molecule has 0 unspecified atom stereocenters. The first-order valence-corrected chi connectivity index (χ1v) is 18.5. The predicted octanol–water partition coefficient (Wildman–Crippen LogP) is 14.0. The molecule has 8 aromatic carbocycles. The number of furan rings is 1. The summed E-state index contributed by atoms with van der Waals surface area (Å²) in [5, 5.41) is 4.41. The van der Waals surface area contributed by atoms with Gasteiger partial charge >= 0.3 is 0 Å². The number of hydrogen-bond acceptors (Lipinski definition) is 4. The van der Waals surface area contributed by atoms with Gasteiger partial charge < -0.3 is 13.7 Å². The molecule has 4 nitrogen and oxygen atoms in total. The van der Waals surface area contributed by atoms with Crippen LogP contribution in [0, 0.1) is 0 Å². The predicted molar refractivity (Wildman–Crippen MR) is 222 cm³/mol. The molecule has 0 N–H and O–H groups in total. The molecule has 2 aromatic heterocycles. The fourth-order valence-corrected chi connectivity index (χ4v) is 8.64. The van der Waals surface area contributed by atoms with Gasteiger partial charge in [0.2, 0.25) is 5.89 Å². The molecule has 4 heteroatoms. The lowest BCUT2D eigenvalue weighted by Gasteiger charge is -2.27. The van der Waals surface area contributed by atoms with Crippen molar-refractivity contribution in [3.63, 3.8) is 0 Å². The first kappa shape index (κ1) is 30.7. The third kappa shape index (κ3) is 4.60. The second kappa shape index (κ2) is 11.5. The van der Waals surface area contributed by atoms with Crippen LogP contribution in [0.1, 0.15) is 25.0 Å². The maximum absolute atomic E-state index is 6.51. The zero-order chi connectivity index (χ0) is 36.0. The number of rotatable bonds is 5.